The van der Waals surface area contributed by atoms with Gasteiger partial charge in [-0.1, -0.05) is 243 Å². The minimum absolute atomic E-state index is 0.677. The van der Waals surface area contributed by atoms with Crippen molar-refractivity contribution in [3.8, 4) is 89.3 Å². The molecular formula is C80H52N4. The molecular weight excluding hydrogens is 1020 g/mol. The summed E-state index contributed by atoms with van der Waals surface area (Å²) in [6.07, 6.45) is 7.48. The summed E-state index contributed by atoms with van der Waals surface area (Å²) < 4.78 is 0. The molecule has 0 unspecified atom stereocenters. The minimum Gasteiger partial charge on any atom is -0.264 e. The highest BCUT2D eigenvalue weighted by molar-refractivity contribution is 5.95. The van der Waals surface area contributed by atoms with E-state index in [0.29, 0.717) is 0 Å². The van der Waals surface area contributed by atoms with Gasteiger partial charge in [0.15, 0.2) is 0 Å². The first-order chi connectivity index (χ1) is 41.6. The first-order valence-corrected chi connectivity index (χ1v) is 28.7. The van der Waals surface area contributed by atoms with Crippen molar-refractivity contribution in [2.75, 3.05) is 0 Å². The minimum atomic E-state index is -0.677. The Bertz CT molecular complexity index is 4390. The van der Waals surface area contributed by atoms with Crippen LogP contribution in [0.3, 0.4) is 0 Å². The van der Waals surface area contributed by atoms with E-state index in [4.69, 9.17) is 9.97 Å². The molecule has 16 rings (SSSR count). The summed E-state index contributed by atoms with van der Waals surface area (Å²) in [5.41, 5.74) is 27.6. The second-order valence-electron chi connectivity index (χ2n) is 22.1. The Kier molecular flexibility index (Phi) is 11.6. The summed E-state index contributed by atoms with van der Waals surface area (Å²) in [7, 11) is 0. The number of pyridine rings is 2. The van der Waals surface area contributed by atoms with Gasteiger partial charge in [0.25, 0.3) is 0 Å². The molecule has 4 nitrogen and oxygen atoms in total. The Hall–Kier alpha value is -10.9. The monoisotopic (exact) mass is 1070 g/mol. The van der Waals surface area contributed by atoms with Gasteiger partial charge in [0.1, 0.15) is 0 Å². The average Bonchev–Trinajstić information content (AvgIpc) is 1.61. The predicted molar refractivity (Wildman–Crippen MR) is 342 cm³/mol. The van der Waals surface area contributed by atoms with Crippen molar-refractivity contribution < 1.29 is 0 Å². The van der Waals surface area contributed by atoms with Crippen LogP contribution >= 0.6 is 0 Å². The van der Waals surface area contributed by atoms with Gasteiger partial charge in [0, 0.05) is 35.9 Å². The molecule has 3 aromatic heterocycles. The summed E-state index contributed by atoms with van der Waals surface area (Å²) in [6, 6.07) is 107. The van der Waals surface area contributed by atoms with Gasteiger partial charge in [0.2, 0.25) is 0 Å². The maximum absolute atomic E-state index is 5.66. The standard InChI is InChI=1S/C80H52N4/c1-5-19-63(20-6-1)79(64-21-7-2-8-22-64)71-47-57(53-29-33-55(34-30-53)61-17-15-45-81-51-61)37-41-67(71)69-43-39-59(49-73(69)79)77-78(84-76-28-14-13-27-75(76)83-77)60-40-44-70-68-42-38-58(54-31-35-56(36-32-54)62-18-16-46-82-52-62)48-72(68)80(74(70)50-60,65-23-9-3-10-24-65)66-25-11-4-12-26-66/h1-52H. The van der Waals surface area contributed by atoms with Gasteiger partial charge in [-0.15, -0.1) is 0 Å². The number of aromatic nitrogens is 4. The molecule has 0 N–H and O–H groups in total. The summed E-state index contributed by atoms with van der Waals surface area (Å²) in [5, 5.41) is 0. The lowest BCUT2D eigenvalue weighted by atomic mass is 9.67. The van der Waals surface area contributed by atoms with Crippen molar-refractivity contribution in [1.82, 2.24) is 19.9 Å². The van der Waals surface area contributed by atoms with Crippen LogP contribution in [0.4, 0.5) is 0 Å². The molecule has 84 heavy (non-hydrogen) atoms. The second-order valence-corrected chi connectivity index (χ2v) is 22.1. The van der Waals surface area contributed by atoms with Crippen molar-refractivity contribution in [2.24, 2.45) is 0 Å². The van der Waals surface area contributed by atoms with E-state index in [1.807, 2.05) is 36.9 Å². The fourth-order valence-electron chi connectivity index (χ4n) is 13.8. The molecule has 11 aromatic carbocycles. The third-order valence-corrected chi connectivity index (χ3v) is 17.6. The highest BCUT2D eigenvalue weighted by Crippen LogP contribution is 2.60. The van der Waals surface area contributed by atoms with Crippen LogP contribution in [0.2, 0.25) is 0 Å². The normalized spacial score (nSPS) is 13.2. The molecule has 0 atom stereocenters. The molecule has 0 saturated heterocycles. The van der Waals surface area contributed by atoms with Gasteiger partial charge in [-0.2, -0.15) is 0 Å². The van der Waals surface area contributed by atoms with E-state index < -0.39 is 10.8 Å². The topological polar surface area (TPSA) is 51.6 Å². The summed E-state index contributed by atoms with van der Waals surface area (Å²) in [6.45, 7) is 0. The Balaban J connectivity index is 0.888. The fourth-order valence-corrected chi connectivity index (χ4v) is 13.8. The van der Waals surface area contributed by atoms with Crippen LogP contribution in [-0.2, 0) is 10.8 Å². The van der Waals surface area contributed by atoms with E-state index in [1.165, 1.54) is 66.8 Å². The van der Waals surface area contributed by atoms with Crippen LogP contribution in [0, 0.1) is 0 Å². The Morgan fingerprint density at radius 3 is 0.798 bits per heavy atom. The van der Waals surface area contributed by atoms with Crippen LogP contribution in [0.1, 0.15) is 44.5 Å². The Labute approximate surface area is 488 Å². The molecule has 0 amide bonds. The first kappa shape index (κ1) is 48.9. The van der Waals surface area contributed by atoms with Crippen LogP contribution in [0.5, 0.6) is 0 Å². The molecule has 2 aliphatic rings. The van der Waals surface area contributed by atoms with Crippen LogP contribution in [0.15, 0.2) is 316 Å². The third-order valence-electron chi connectivity index (χ3n) is 17.6. The number of hydrogen-bond donors (Lipinski definition) is 0. The zero-order chi connectivity index (χ0) is 55.6. The molecule has 0 fully saturated rings. The number of benzene rings is 11. The third kappa shape index (κ3) is 7.76. The zero-order valence-electron chi connectivity index (χ0n) is 45.8. The molecule has 0 bridgehead atoms. The van der Waals surface area contributed by atoms with Crippen LogP contribution in [0.25, 0.3) is 100 Å². The van der Waals surface area contributed by atoms with Crippen molar-refractivity contribution in [2.45, 2.75) is 10.8 Å². The van der Waals surface area contributed by atoms with E-state index in [-0.39, 0.29) is 0 Å². The lowest BCUT2D eigenvalue weighted by molar-refractivity contribution is 0.769. The maximum Gasteiger partial charge on any atom is 0.0973 e. The maximum atomic E-state index is 5.66. The summed E-state index contributed by atoms with van der Waals surface area (Å²) in [5.74, 6) is 0. The predicted octanol–water partition coefficient (Wildman–Crippen LogP) is 19.1. The Morgan fingerprint density at radius 2 is 0.488 bits per heavy atom. The Morgan fingerprint density at radius 1 is 0.214 bits per heavy atom. The molecule has 0 radical (unpaired) electrons. The van der Waals surface area contributed by atoms with Gasteiger partial charge < -0.3 is 0 Å². The average molecular weight is 1070 g/mol. The molecule has 14 aromatic rings. The van der Waals surface area contributed by atoms with Crippen molar-refractivity contribution in [3.05, 3.63) is 360 Å². The van der Waals surface area contributed by atoms with Crippen LogP contribution in [-0.4, -0.2) is 19.9 Å². The number of para-hydroxylation sites is 2. The highest BCUT2D eigenvalue weighted by Gasteiger charge is 2.48. The van der Waals surface area contributed by atoms with Crippen molar-refractivity contribution in [3.63, 3.8) is 0 Å². The van der Waals surface area contributed by atoms with Crippen molar-refractivity contribution in [1.29, 1.82) is 0 Å². The lowest BCUT2D eigenvalue weighted by Gasteiger charge is -2.34. The summed E-state index contributed by atoms with van der Waals surface area (Å²) in [4.78, 5) is 20.1. The molecule has 4 heteroatoms. The number of nitrogens with zero attached hydrogens (tertiary/aromatic N) is 4. The largest absolute Gasteiger partial charge is 0.264 e. The van der Waals surface area contributed by atoms with E-state index in [1.54, 1.807) is 0 Å². The van der Waals surface area contributed by atoms with Gasteiger partial charge in [0.05, 0.1) is 33.3 Å². The van der Waals surface area contributed by atoms with Gasteiger partial charge in [-0.25, -0.2) is 9.97 Å². The molecule has 2 aliphatic carbocycles. The number of hydrogen-bond acceptors (Lipinski definition) is 4. The number of rotatable bonds is 10. The van der Waals surface area contributed by atoms with Crippen molar-refractivity contribution >= 4 is 11.0 Å². The smallest absolute Gasteiger partial charge is 0.0973 e. The summed E-state index contributed by atoms with van der Waals surface area (Å²) >= 11 is 0. The quantitative estimate of drug-likeness (QED) is 0.137. The molecule has 0 aliphatic heterocycles. The molecule has 0 saturated carbocycles. The molecule has 392 valence electrons. The second kappa shape index (κ2) is 19.9. The lowest BCUT2D eigenvalue weighted by Crippen LogP contribution is -2.28. The van der Waals surface area contributed by atoms with Gasteiger partial charge in [-0.05, 0) is 160 Å². The van der Waals surface area contributed by atoms with E-state index >= 15 is 0 Å². The van der Waals surface area contributed by atoms with E-state index in [0.717, 1.165) is 78.1 Å². The number of fused-ring (bicyclic) bond motifs is 7. The van der Waals surface area contributed by atoms with Gasteiger partial charge >= 0.3 is 0 Å². The molecule has 0 spiro atoms. The van der Waals surface area contributed by atoms with Crippen LogP contribution < -0.4 is 0 Å². The van der Waals surface area contributed by atoms with E-state index in [9.17, 15) is 0 Å². The van der Waals surface area contributed by atoms with E-state index in [2.05, 4.69) is 289 Å². The highest BCUT2D eigenvalue weighted by atomic mass is 14.8. The molecule has 3 heterocycles. The zero-order valence-corrected chi connectivity index (χ0v) is 45.8. The van der Waals surface area contributed by atoms with Gasteiger partial charge in [-0.3, -0.25) is 9.97 Å². The SMILES string of the molecule is c1ccc(C2(c3ccccc3)c3cc(-c4ccc(-c5cccnc5)cc4)ccc3-c3ccc(-c4nc5ccccc5nc4-c4ccc5c(c4)C(c4ccccc4)(c4ccccc4)c4cc(-c6ccc(-c7cccnc7)cc6)ccc4-5)cc32)cc1. The fraction of sp³-hybridized carbons (Fsp3) is 0.0250. The first-order valence-electron chi connectivity index (χ1n) is 28.7.